The summed E-state index contributed by atoms with van der Waals surface area (Å²) < 4.78 is 5.31. The fourth-order valence-corrected chi connectivity index (χ4v) is 0.941. The van der Waals surface area contributed by atoms with Crippen molar-refractivity contribution in [3.63, 3.8) is 0 Å². The lowest BCUT2D eigenvalue weighted by molar-refractivity contribution is -0.131. The number of rotatable bonds is 7. The van der Waals surface area contributed by atoms with Crippen molar-refractivity contribution < 1.29 is 9.53 Å². The zero-order valence-electron chi connectivity index (χ0n) is 9.67. The van der Waals surface area contributed by atoms with E-state index in [9.17, 15) is 4.79 Å². The third-order valence-electron chi connectivity index (χ3n) is 1.76. The maximum atomic E-state index is 11.3. The van der Waals surface area contributed by atoms with E-state index in [1.807, 2.05) is 0 Å². The topological polar surface area (TPSA) is 50.4 Å². The summed E-state index contributed by atoms with van der Waals surface area (Å²) in [7, 11) is 0. The Labute approximate surface area is 91.8 Å². The lowest BCUT2D eigenvalue weighted by Gasteiger charge is -2.13. The number of terminal acetylenes is 1. The highest BCUT2D eigenvalue weighted by Gasteiger charge is 2.11. The van der Waals surface area contributed by atoms with Gasteiger partial charge in [0.05, 0.1) is 13.2 Å². The molecule has 1 amide bonds. The second-order valence-electron chi connectivity index (χ2n) is 3.54. The SMILES string of the molecule is C#CCNC(=O)C(C)OCCNC(C)C. The van der Waals surface area contributed by atoms with Crippen molar-refractivity contribution in [3.8, 4) is 12.3 Å². The van der Waals surface area contributed by atoms with Crippen LogP contribution in [0.15, 0.2) is 0 Å². The Morgan fingerprint density at radius 3 is 2.67 bits per heavy atom. The largest absolute Gasteiger partial charge is 0.367 e. The molecular formula is C11H20N2O2. The molecule has 0 spiro atoms. The minimum absolute atomic E-state index is 0.169. The number of hydrogen-bond acceptors (Lipinski definition) is 3. The van der Waals surface area contributed by atoms with E-state index in [1.165, 1.54) is 0 Å². The number of carbonyl (C=O) groups excluding carboxylic acids is 1. The molecule has 0 fully saturated rings. The van der Waals surface area contributed by atoms with E-state index in [-0.39, 0.29) is 12.5 Å². The van der Waals surface area contributed by atoms with Crippen molar-refractivity contribution in [2.75, 3.05) is 19.7 Å². The molecule has 0 saturated carbocycles. The van der Waals surface area contributed by atoms with Crippen molar-refractivity contribution in [2.45, 2.75) is 32.9 Å². The molecule has 0 aromatic carbocycles. The van der Waals surface area contributed by atoms with Gasteiger partial charge >= 0.3 is 0 Å². The predicted molar refractivity (Wildman–Crippen MR) is 60.4 cm³/mol. The highest BCUT2D eigenvalue weighted by molar-refractivity contribution is 5.80. The normalized spacial score (nSPS) is 12.2. The van der Waals surface area contributed by atoms with Gasteiger partial charge in [-0.3, -0.25) is 4.79 Å². The monoisotopic (exact) mass is 212 g/mol. The van der Waals surface area contributed by atoms with Crippen molar-refractivity contribution in [1.29, 1.82) is 0 Å². The van der Waals surface area contributed by atoms with Crippen molar-refractivity contribution in [3.05, 3.63) is 0 Å². The molecule has 86 valence electrons. The van der Waals surface area contributed by atoms with Crippen molar-refractivity contribution in [2.24, 2.45) is 0 Å². The molecule has 0 aromatic rings. The molecule has 0 bridgehead atoms. The Hall–Kier alpha value is -1.05. The van der Waals surface area contributed by atoms with Crippen LogP contribution in [0.2, 0.25) is 0 Å². The van der Waals surface area contributed by atoms with Crippen LogP contribution in [0.5, 0.6) is 0 Å². The lowest BCUT2D eigenvalue weighted by Crippen LogP contribution is -2.36. The summed E-state index contributed by atoms with van der Waals surface area (Å²) in [5, 5.41) is 5.76. The molecule has 0 saturated heterocycles. The summed E-state index contributed by atoms with van der Waals surface area (Å²) in [6.45, 7) is 7.33. The molecule has 0 aromatic heterocycles. The van der Waals surface area contributed by atoms with E-state index in [0.717, 1.165) is 6.54 Å². The summed E-state index contributed by atoms with van der Waals surface area (Å²) in [6, 6.07) is 0.430. The minimum Gasteiger partial charge on any atom is -0.367 e. The molecule has 0 aliphatic carbocycles. The van der Waals surface area contributed by atoms with E-state index in [0.29, 0.717) is 12.6 Å². The summed E-state index contributed by atoms with van der Waals surface area (Å²) in [4.78, 5) is 11.3. The first-order chi connectivity index (χ1) is 7.07. The van der Waals surface area contributed by atoms with Gasteiger partial charge in [0.2, 0.25) is 5.91 Å². The van der Waals surface area contributed by atoms with Gasteiger partial charge < -0.3 is 15.4 Å². The van der Waals surface area contributed by atoms with Gasteiger partial charge in [-0.1, -0.05) is 19.8 Å². The molecule has 2 N–H and O–H groups in total. The second kappa shape index (κ2) is 8.27. The van der Waals surface area contributed by atoms with Crippen LogP contribution in [0.4, 0.5) is 0 Å². The van der Waals surface area contributed by atoms with Crippen LogP contribution in [0, 0.1) is 12.3 Å². The number of hydrogen-bond donors (Lipinski definition) is 2. The molecular weight excluding hydrogens is 192 g/mol. The first-order valence-electron chi connectivity index (χ1n) is 5.14. The maximum absolute atomic E-state index is 11.3. The van der Waals surface area contributed by atoms with E-state index < -0.39 is 6.10 Å². The fraction of sp³-hybridized carbons (Fsp3) is 0.727. The molecule has 4 nitrogen and oxygen atoms in total. The van der Waals surface area contributed by atoms with Crippen molar-refractivity contribution in [1.82, 2.24) is 10.6 Å². The zero-order valence-corrected chi connectivity index (χ0v) is 9.67. The van der Waals surface area contributed by atoms with E-state index in [2.05, 4.69) is 30.4 Å². The highest BCUT2D eigenvalue weighted by Crippen LogP contribution is 1.89. The average molecular weight is 212 g/mol. The summed E-state index contributed by atoms with van der Waals surface area (Å²) in [6.07, 6.45) is 4.56. The maximum Gasteiger partial charge on any atom is 0.249 e. The number of amides is 1. The van der Waals surface area contributed by atoms with Gasteiger partial charge in [0, 0.05) is 12.6 Å². The van der Waals surface area contributed by atoms with Gasteiger partial charge in [-0.05, 0) is 6.92 Å². The van der Waals surface area contributed by atoms with E-state index in [1.54, 1.807) is 6.92 Å². The van der Waals surface area contributed by atoms with E-state index >= 15 is 0 Å². The minimum atomic E-state index is -0.452. The molecule has 15 heavy (non-hydrogen) atoms. The first kappa shape index (κ1) is 13.9. The second-order valence-corrected chi connectivity index (χ2v) is 3.54. The number of carbonyl (C=O) groups is 1. The van der Waals surface area contributed by atoms with Crippen LogP contribution < -0.4 is 10.6 Å². The summed E-state index contributed by atoms with van der Waals surface area (Å²) in [5.41, 5.74) is 0. The van der Waals surface area contributed by atoms with Crippen LogP contribution in [0.3, 0.4) is 0 Å². The van der Waals surface area contributed by atoms with Gasteiger partial charge in [0.1, 0.15) is 6.10 Å². The quantitative estimate of drug-likeness (QED) is 0.466. The molecule has 1 unspecified atom stereocenters. The van der Waals surface area contributed by atoms with Crippen LogP contribution >= 0.6 is 0 Å². The predicted octanol–water partition coefficient (Wildman–Crippen LogP) is 0.139. The van der Waals surface area contributed by atoms with Gasteiger partial charge in [-0.15, -0.1) is 6.42 Å². The Morgan fingerprint density at radius 1 is 1.47 bits per heavy atom. The van der Waals surface area contributed by atoms with Crippen LogP contribution in [0.25, 0.3) is 0 Å². The molecule has 4 heteroatoms. The third kappa shape index (κ3) is 7.98. The van der Waals surface area contributed by atoms with Crippen LogP contribution in [-0.2, 0) is 9.53 Å². The van der Waals surface area contributed by atoms with Crippen molar-refractivity contribution >= 4 is 5.91 Å². The highest BCUT2D eigenvalue weighted by atomic mass is 16.5. The van der Waals surface area contributed by atoms with Crippen LogP contribution in [0.1, 0.15) is 20.8 Å². The molecule has 0 aliphatic rings. The van der Waals surface area contributed by atoms with Gasteiger partial charge in [-0.2, -0.15) is 0 Å². The summed E-state index contributed by atoms with van der Waals surface area (Å²) >= 11 is 0. The molecule has 0 rings (SSSR count). The smallest absolute Gasteiger partial charge is 0.249 e. The Bertz CT molecular complexity index is 221. The Balaban J connectivity index is 3.52. The zero-order chi connectivity index (χ0) is 11.7. The lowest BCUT2D eigenvalue weighted by atomic mass is 10.3. The van der Waals surface area contributed by atoms with Gasteiger partial charge in [0.15, 0.2) is 0 Å². The van der Waals surface area contributed by atoms with Gasteiger partial charge in [-0.25, -0.2) is 0 Å². The molecule has 0 heterocycles. The first-order valence-corrected chi connectivity index (χ1v) is 5.14. The number of ether oxygens (including phenoxy) is 1. The third-order valence-corrected chi connectivity index (χ3v) is 1.76. The fourth-order valence-electron chi connectivity index (χ4n) is 0.941. The molecule has 1 atom stereocenters. The Morgan fingerprint density at radius 2 is 2.13 bits per heavy atom. The average Bonchev–Trinajstić information content (AvgIpc) is 2.20. The Kier molecular flexibility index (Phi) is 7.69. The van der Waals surface area contributed by atoms with E-state index in [4.69, 9.17) is 11.2 Å². The molecule has 0 radical (unpaired) electrons. The summed E-state index contributed by atoms with van der Waals surface area (Å²) in [5.74, 6) is 2.17. The standard InChI is InChI=1S/C11H20N2O2/c1-5-6-13-11(14)10(4)15-8-7-12-9(2)3/h1,9-10,12H,6-8H2,2-4H3,(H,13,14). The van der Waals surface area contributed by atoms with Gasteiger partial charge in [0.25, 0.3) is 0 Å². The van der Waals surface area contributed by atoms with Crippen LogP contribution in [-0.4, -0.2) is 37.7 Å². The molecule has 0 aliphatic heterocycles. The number of nitrogens with one attached hydrogen (secondary N) is 2.